The summed E-state index contributed by atoms with van der Waals surface area (Å²) in [7, 11) is 5.66. The molecule has 2 aliphatic heterocycles. The van der Waals surface area contributed by atoms with Crippen LogP contribution in [0.4, 0.5) is 0 Å². The fraction of sp³-hybridized carbons (Fsp3) is 0.650. The van der Waals surface area contributed by atoms with Crippen LogP contribution in [-0.4, -0.2) is 68.3 Å². The topological polar surface area (TPSA) is 42.0 Å². The Hall–Kier alpha value is -1.59. The molecule has 2 saturated heterocycles. The SMILES string of the molecule is COC[C@H]1CCC2(CCN(C(=O)Cc3ccc(OC)cc3)CC2)N1C. The number of hydrogen-bond acceptors (Lipinski definition) is 4. The van der Waals surface area contributed by atoms with Crippen molar-refractivity contribution in [3.8, 4) is 5.75 Å². The summed E-state index contributed by atoms with van der Waals surface area (Å²) in [5, 5.41) is 0. The van der Waals surface area contributed by atoms with E-state index in [1.807, 2.05) is 29.2 Å². The average molecular weight is 346 g/mol. The first-order valence-electron chi connectivity index (χ1n) is 9.20. The Morgan fingerprint density at radius 1 is 1.16 bits per heavy atom. The van der Waals surface area contributed by atoms with E-state index in [1.165, 1.54) is 12.8 Å². The van der Waals surface area contributed by atoms with Crippen molar-refractivity contribution in [2.75, 3.05) is 41.0 Å². The minimum Gasteiger partial charge on any atom is -0.497 e. The molecule has 1 spiro atoms. The molecule has 2 aliphatic rings. The molecule has 0 saturated carbocycles. The second-order valence-electron chi connectivity index (χ2n) is 7.39. The molecule has 1 aromatic carbocycles. The zero-order valence-electron chi connectivity index (χ0n) is 15.7. The molecule has 138 valence electrons. The van der Waals surface area contributed by atoms with Gasteiger partial charge in [-0.15, -0.1) is 0 Å². The van der Waals surface area contributed by atoms with Crippen LogP contribution in [0.5, 0.6) is 5.75 Å². The van der Waals surface area contributed by atoms with Gasteiger partial charge in [0.05, 0.1) is 20.1 Å². The zero-order chi connectivity index (χ0) is 17.9. The van der Waals surface area contributed by atoms with Gasteiger partial charge in [0.15, 0.2) is 0 Å². The molecule has 0 aromatic heterocycles. The lowest BCUT2D eigenvalue weighted by Crippen LogP contribution is -2.54. The van der Waals surface area contributed by atoms with Gasteiger partial charge < -0.3 is 14.4 Å². The van der Waals surface area contributed by atoms with Crippen molar-refractivity contribution in [1.29, 1.82) is 0 Å². The normalized spacial score (nSPS) is 23.2. The van der Waals surface area contributed by atoms with Gasteiger partial charge in [-0.25, -0.2) is 0 Å². The highest BCUT2D eigenvalue weighted by Crippen LogP contribution is 2.40. The van der Waals surface area contributed by atoms with Gasteiger partial charge in [-0.05, 0) is 50.4 Å². The number of benzene rings is 1. The first-order valence-corrected chi connectivity index (χ1v) is 9.20. The molecule has 0 bridgehead atoms. The van der Waals surface area contributed by atoms with Gasteiger partial charge in [0.1, 0.15) is 5.75 Å². The molecule has 3 rings (SSSR count). The molecular weight excluding hydrogens is 316 g/mol. The number of carbonyl (C=O) groups excluding carboxylic acids is 1. The Morgan fingerprint density at radius 2 is 1.84 bits per heavy atom. The van der Waals surface area contributed by atoms with Crippen molar-refractivity contribution in [3.05, 3.63) is 29.8 Å². The van der Waals surface area contributed by atoms with E-state index in [0.29, 0.717) is 12.5 Å². The third-order valence-corrected chi connectivity index (χ3v) is 6.16. The number of nitrogens with zero attached hydrogens (tertiary/aromatic N) is 2. The fourth-order valence-electron chi connectivity index (χ4n) is 4.38. The van der Waals surface area contributed by atoms with Gasteiger partial charge in [-0.1, -0.05) is 12.1 Å². The predicted octanol–water partition coefficient (Wildman–Crippen LogP) is 2.34. The van der Waals surface area contributed by atoms with Crippen molar-refractivity contribution in [1.82, 2.24) is 9.80 Å². The standard InChI is InChI=1S/C20H30N2O3/c1-21-17(15-24-2)8-9-20(21)10-12-22(13-11-20)19(23)14-16-4-6-18(25-3)7-5-16/h4-7,17H,8-15H2,1-3H3/t17-/m1/s1. The van der Waals surface area contributed by atoms with Crippen LogP contribution >= 0.6 is 0 Å². The second-order valence-corrected chi connectivity index (χ2v) is 7.39. The molecule has 0 radical (unpaired) electrons. The minimum absolute atomic E-state index is 0.231. The van der Waals surface area contributed by atoms with E-state index in [1.54, 1.807) is 14.2 Å². The van der Waals surface area contributed by atoms with E-state index in [4.69, 9.17) is 9.47 Å². The van der Waals surface area contributed by atoms with Crippen LogP contribution in [0.25, 0.3) is 0 Å². The van der Waals surface area contributed by atoms with E-state index in [9.17, 15) is 4.79 Å². The van der Waals surface area contributed by atoms with Gasteiger partial charge in [-0.2, -0.15) is 0 Å². The number of hydrogen-bond donors (Lipinski definition) is 0. The summed E-state index contributed by atoms with van der Waals surface area (Å²) in [6.07, 6.45) is 5.03. The number of amides is 1. The summed E-state index contributed by atoms with van der Waals surface area (Å²) in [6.45, 7) is 2.52. The molecule has 1 amide bonds. The largest absolute Gasteiger partial charge is 0.497 e. The molecule has 5 nitrogen and oxygen atoms in total. The van der Waals surface area contributed by atoms with E-state index >= 15 is 0 Å². The van der Waals surface area contributed by atoms with Gasteiger partial charge in [0, 0.05) is 31.8 Å². The maximum atomic E-state index is 12.6. The number of likely N-dealkylation sites (tertiary alicyclic amines) is 2. The monoisotopic (exact) mass is 346 g/mol. The first-order chi connectivity index (χ1) is 12.1. The minimum atomic E-state index is 0.231. The molecule has 2 fully saturated rings. The van der Waals surface area contributed by atoms with Gasteiger partial charge in [-0.3, -0.25) is 9.69 Å². The molecule has 1 aromatic rings. The summed E-state index contributed by atoms with van der Waals surface area (Å²) < 4.78 is 10.5. The third-order valence-electron chi connectivity index (χ3n) is 6.16. The van der Waals surface area contributed by atoms with Crippen LogP contribution in [0.1, 0.15) is 31.2 Å². The summed E-state index contributed by atoms with van der Waals surface area (Å²) in [4.78, 5) is 17.2. The van der Waals surface area contributed by atoms with Crippen LogP contribution in [0.2, 0.25) is 0 Å². The Balaban J connectivity index is 1.54. The van der Waals surface area contributed by atoms with E-state index in [-0.39, 0.29) is 11.4 Å². The molecule has 1 atom stereocenters. The Morgan fingerprint density at radius 3 is 2.44 bits per heavy atom. The fourth-order valence-corrected chi connectivity index (χ4v) is 4.38. The zero-order valence-corrected chi connectivity index (χ0v) is 15.7. The van der Waals surface area contributed by atoms with Crippen molar-refractivity contribution < 1.29 is 14.3 Å². The summed E-state index contributed by atoms with van der Waals surface area (Å²) in [5.74, 6) is 1.06. The number of methoxy groups -OCH3 is 2. The Bertz CT molecular complexity index is 579. The Kier molecular flexibility index (Phi) is 5.64. The van der Waals surface area contributed by atoms with Gasteiger partial charge in [0.25, 0.3) is 0 Å². The van der Waals surface area contributed by atoms with E-state index < -0.39 is 0 Å². The van der Waals surface area contributed by atoms with Crippen molar-refractivity contribution >= 4 is 5.91 Å². The molecule has 0 unspecified atom stereocenters. The summed E-state index contributed by atoms with van der Waals surface area (Å²) in [6, 6.07) is 8.30. The lowest BCUT2D eigenvalue weighted by atomic mass is 9.85. The molecular formula is C20H30N2O3. The van der Waals surface area contributed by atoms with E-state index in [2.05, 4.69) is 11.9 Å². The van der Waals surface area contributed by atoms with Crippen LogP contribution in [0, 0.1) is 0 Å². The average Bonchev–Trinajstić information content (AvgIpc) is 2.93. The molecule has 5 heteroatoms. The molecule has 2 heterocycles. The number of piperidine rings is 1. The van der Waals surface area contributed by atoms with Gasteiger partial charge in [0.2, 0.25) is 5.91 Å². The van der Waals surface area contributed by atoms with Crippen molar-refractivity contribution in [2.24, 2.45) is 0 Å². The lowest BCUT2D eigenvalue weighted by molar-refractivity contribution is -0.133. The van der Waals surface area contributed by atoms with Crippen LogP contribution in [0.15, 0.2) is 24.3 Å². The van der Waals surface area contributed by atoms with Crippen molar-refractivity contribution in [2.45, 2.75) is 43.7 Å². The summed E-state index contributed by atoms with van der Waals surface area (Å²) in [5.41, 5.74) is 1.31. The number of ether oxygens (including phenoxy) is 2. The quantitative estimate of drug-likeness (QED) is 0.821. The summed E-state index contributed by atoms with van der Waals surface area (Å²) >= 11 is 0. The maximum absolute atomic E-state index is 12.6. The first kappa shape index (κ1) is 18.2. The highest BCUT2D eigenvalue weighted by Gasteiger charge is 2.46. The highest BCUT2D eigenvalue weighted by atomic mass is 16.5. The smallest absolute Gasteiger partial charge is 0.226 e. The molecule has 0 N–H and O–H groups in total. The Labute approximate surface area is 150 Å². The van der Waals surface area contributed by atoms with Crippen molar-refractivity contribution in [3.63, 3.8) is 0 Å². The molecule has 0 aliphatic carbocycles. The molecule has 25 heavy (non-hydrogen) atoms. The van der Waals surface area contributed by atoms with Crippen LogP contribution in [0.3, 0.4) is 0 Å². The third kappa shape index (κ3) is 3.82. The highest BCUT2D eigenvalue weighted by molar-refractivity contribution is 5.79. The predicted molar refractivity (Wildman–Crippen MR) is 97.9 cm³/mol. The maximum Gasteiger partial charge on any atom is 0.226 e. The van der Waals surface area contributed by atoms with E-state index in [0.717, 1.165) is 43.9 Å². The second kappa shape index (κ2) is 7.75. The van der Waals surface area contributed by atoms with Crippen LogP contribution in [-0.2, 0) is 16.0 Å². The van der Waals surface area contributed by atoms with Crippen LogP contribution < -0.4 is 4.74 Å². The van der Waals surface area contributed by atoms with Gasteiger partial charge >= 0.3 is 0 Å². The lowest BCUT2D eigenvalue weighted by Gasteiger charge is -2.45. The number of likely N-dealkylation sites (N-methyl/N-ethyl adjacent to an activating group) is 1. The number of carbonyl (C=O) groups is 1. The number of rotatable bonds is 5.